The van der Waals surface area contributed by atoms with Gasteiger partial charge in [0, 0.05) is 45.7 Å². The summed E-state index contributed by atoms with van der Waals surface area (Å²) >= 11 is 0. The largest absolute Gasteiger partial charge is 0.463 e. The topological polar surface area (TPSA) is 65.3 Å². The summed E-state index contributed by atoms with van der Waals surface area (Å²) in [4.78, 5) is 10.7. The molecule has 26 heavy (non-hydrogen) atoms. The minimum Gasteiger partial charge on any atom is -0.463 e. The van der Waals surface area contributed by atoms with E-state index in [-0.39, 0.29) is 5.60 Å². The van der Waals surface area contributed by atoms with Crippen molar-refractivity contribution in [1.82, 2.24) is 24.6 Å². The maximum Gasteiger partial charge on any atom is 0.316 e. The number of nitrogens with zero attached hydrogens (tertiary/aromatic N) is 5. The van der Waals surface area contributed by atoms with Crippen LogP contribution >= 0.6 is 0 Å². The van der Waals surface area contributed by atoms with Crippen LogP contribution in [0.5, 0.6) is 6.01 Å². The van der Waals surface area contributed by atoms with Crippen molar-refractivity contribution in [3.05, 3.63) is 35.9 Å². The van der Waals surface area contributed by atoms with Crippen molar-refractivity contribution in [2.75, 3.05) is 26.3 Å². The molecular weight excluding hydrogens is 330 g/mol. The van der Waals surface area contributed by atoms with Crippen LogP contribution in [0, 0.1) is 12.8 Å². The van der Waals surface area contributed by atoms with Crippen LogP contribution in [0.2, 0.25) is 0 Å². The van der Waals surface area contributed by atoms with Crippen LogP contribution in [-0.4, -0.2) is 56.6 Å². The van der Waals surface area contributed by atoms with Crippen LogP contribution in [0.3, 0.4) is 0 Å². The molecular formula is C19H27N5O2. The number of likely N-dealkylation sites (tertiary alicyclic amines) is 1. The molecule has 2 aromatic heterocycles. The lowest BCUT2D eigenvalue weighted by molar-refractivity contribution is -0.182. The molecule has 2 saturated heterocycles. The average Bonchev–Trinajstić information content (AvgIpc) is 2.92. The van der Waals surface area contributed by atoms with Crippen LogP contribution in [0.15, 0.2) is 24.5 Å². The molecule has 0 unspecified atom stereocenters. The van der Waals surface area contributed by atoms with Gasteiger partial charge in [0.15, 0.2) is 0 Å². The Kier molecular flexibility index (Phi) is 4.91. The molecule has 0 N–H and O–H groups in total. The second-order valence-electron chi connectivity index (χ2n) is 7.60. The monoisotopic (exact) mass is 357 g/mol. The van der Waals surface area contributed by atoms with Crippen LogP contribution in [0.4, 0.5) is 0 Å². The molecule has 1 spiro atoms. The highest BCUT2D eigenvalue weighted by Gasteiger charge is 2.47. The Hall–Kier alpha value is -1.99. The van der Waals surface area contributed by atoms with E-state index in [0.717, 1.165) is 51.2 Å². The summed E-state index contributed by atoms with van der Waals surface area (Å²) in [7, 11) is 2.02. The molecule has 4 rings (SSSR count). The van der Waals surface area contributed by atoms with Crippen LogP contribution in [-0.2, 0) is 18.3 Å². The molecule has 2 fully saturated rings. The van der Waals surface area contributed by atoms with E-state index in [1.54, 1.807) is 18.5 Å². The first-order valence-corrected chi connectivity index (χ1v) is 9.38. The summed E-state index contributed by atoms with van der Waals surface area (Å²) in [5.41, 5.74) is 2.38. The summed E-state index contributed by atoms with van der Waals surface area (Å²) in [6.07, 6.45) is 6.68. The average molecular weight is 357 g/mol. The zero-order chi connectivity index (χ0) is 18.0. The fourth-order valence-electron chi connectivity index (χ4n) is 4.19. The molecule has 140 valence electrons. The Balaban J connectivity index is 1.23. The smallest absolute Gasteiger partial charge is 0.316 e. The van der Waals surface area contributed by atoms with Gasteiger partial charge in [-0.1, -0.05) is 0 Å². The molecule has 0 amide bonds. The van der Waals surface area contributed by atoms with Crippen molar-refractivity contribution in [2.24, 2.45) is 13.0 Å². The zero-order valence-corrected chi connectivity index (χ0v) is 15.6. The second-order valence-corrected chi connectivity index (χ2v) is 7.60. The molecule has 2 aromatic rings. The Bertz CT molecular complexity index is 727. The molecule has 2 aliphatic rings. The Morgan fingerprint density at radius 2 is 2.12 bits per heavy atom. The van der Waals surface area contributed by atoms with Gasteiger partial charge in [-0.25, -0.2) is 9.97 Å². The van der Waals surface area contributed by atoms with Crippen molar-refractivity contribution in [1.29, 1.82) is 0 Å². The Morgan fingerprint density at radius 1 is 1.31 bits per heavy atom. The van der Waals surface area contributed by atoms with E-state index in [1.807, 2.05) is 18.7 Å². The van der Waals surface area contributed by atoms with Gasteiger partial charge in [0.05, 0.1) is 23.6 Å². The molecule has 0 aliphatic carbocycles. The Labute approximate surface area is 154 Å². The molecule has 7 heteroatoms. The number of hydrogen-bond donors (Lipinski definition) is 0. The van der Waals surface area contributed by atoms with E-state index in [0.29, 0.717) is 18.5 Å². The zero-order valence-electron chi connectivity index (χ0n) is 15.6. The highest BCUT2D eigenvalue weighted by atomic mass is 16.5. The van der Waals surface area contributed by atoms with Gasteiger partial charge in [-0.3, -0.25) is 9.58 Å². The van der Waals surface area contributed by atoms with Crippen molar-refractivity contribution in [3.8, 4) is 6.01 Å². The minimum atomic E-state index is 0.0415. The maximum atomic E-state index is 6.17. The van der Waals surface area contributed by atoms with E-state index in [2.05, 4.69) is 26.0 Å². The highest BCUT2D eigenvalue weighted by molar-refractivity contribution is 5.11. The summed E-state index contributed by atoms with van der Waals surface area (Å²) in [6.45, 7) is 6.53. The van der Waals surface area contributed by atoms with Crippen molar-refractivity contribution < 1.29 is 9.47 Å². The summed E-state index contributed by atoms with van der Waals surface area (Å²) in [5.74, 6) is 0.647. The van der Waals surface area contributed by atoms with E-state index in [9.17, 15) is 0 Å². The Morgan fingerprint density at radius 3 is 2.85 bits per heavy atom. The van der Waals surface area contributed by atoms with Crippen molar-refractivity contribution >= 4 is 0 Å². The van der Waals surface area contributed by atoms with Gasteiger partial charge < -0.3 is 9.47 Å². The molecule has 0 aromatic carbocycles. The summed E-state index contributed by atoms with van der Waals surface area (Å²) < 4.78 is 13.8. The van der Waals surface area contributed by atoms with Crippen LogP contribution < -0.4 is 4.74 Å². The first-order chi connectivity index (χ1) is 12.6. The minimum absolute atomic E-state index is 0.0415. The SMILES string of the molecule is Cc1cc(CN2CC3(C[C@H](CCOc4ncccn4)CCO3)C2)n(C)n1. The van der Waals surface area contributed by atoms with Crippen molar-refractivity contribution in [2.45, 2.75) is 38.3 Å². The van der Waals surface area contributed by atoms with Crippen LogP contribution in [0.25, 0.3) is 0 Å². The van der Waals surface area contributed by atoms with Gasteiger partial charge in [0.2, 0.25) is 0 Å². The van der Waals surface area contributed by atoms with E-state index in [4.69, 9.17) is 9.47 Å². The fraction of sp³-hybridized carbons (Fsp3) is 0.632. The lowest BCUT2D eigenvalue weighted by Crippen LogP contribution is -2.64. The quantitative estimate of drug-likeness (QED) is 0.787. The predicted octanol–water partition coefficient (Wildman–Crippen LogP) is 1.97. The van der Waals surface area contributed by atoms with Crippen LogP contribution in [0.1, 0.15) is 30.7 Å². The molecule has 7 nitrogen and oxygen atoms in total. The molecule has 0 bridgehead atoms. The molecule has 0 radical (unpaired) electrons. The molecule has 2 aliphatic heterocycles. The molecule has 1 atom stereocenters. The summed E-state index contributed by atoms with van der Waals surface area (Å²) in [5, 5.41) is 4.43. The number of rotatable bonds is 6. The summed E-state index contributed by atoms with van der Waals surface area (Å²) in [6, 6.07) is 4.43. The van der Waals surface area contributed by atoms with Gasteiger partial charge in [0.25, 0.3) is 0 Å². The third-order valence-corrected chi connectivity index (χ3v) is 5.40. The number of hydrogen-bond acceptors (Lipinski definition) is 6. The van der Waals surface area contributed by atoms with E-state index in [1.165, 1.54) is 5.69 Å². The fourth-order valence-corrected chi connectivity index (χ4v) is 4.19. The first-order valence-electron chi connectivity index (χ1n) is 9.38. The highest BCUT2D eigenvalue weighted by Crippen LogP contribution is 2.38. The third kappa shape index (κ3) is 3.88. The normalized spacial score (nSPS) is 22.3. The number of aryl methyl sites for hydroxylation is 2. The standard InChI is InChI=1S/C19H27N5O2/c1-15-10-17(23(2)22-15)12-24-13-19(14-24)11-16(5-9-26-19)4-8-25-18-20-6-3-7-21-18/h3,6-7,10,16H,4-5,8-9,11-14H2,1-2H3/t16-/m1/s1. The number of ether oxygens (including phenoxy) is 2. The van der Waals surface area contributed by atoms with Gasteiger partial charge in [-0.05, 0) is 44.2 Å². The first kappa shape index (κ1) is 17.4. The lowest BCUT2D eigenvalue weighted by Gasteiger charge is -2.53. The predicted molar refractivity (Wildman–Crippen MR) is 96.8 cm³/mol. The molecule has 4 heterocycles. The van der Waals surface area contributed by atoms with E-state index < -0.39 is 0 Å². The van der Waals surface area contributed by atoms with Gasteiger partial charge in [-0.2, -0.15) is 5.10 Å². The van der Waals surface area contributed by atoms with Gasteiger partial charge >= 0.3 is 6.01 Å². The van der Waals surface area contributed by atoms with Crippen molar-refractivity contribution in [3.63, 3.8) is 0 Å². The lowest BCUT2D eigenvalue weighted by atomic mass is 9.79. The number of aromatic nitrogens is 4. The molecule has 0 saturated carbocycles. The third-order valence-electron chi connectivity index (χ3n) is 5.40. The second kappa shape index (κ2) is 7.32. The van der Waals surface area contributed by atoms with E-state index >= 15 is 0 Å². The van der Waals surface area contributed by atoms with Gasteiger partial charge in [0.1, 0.15) is 0 Å². The maximum absolute atomic E-state index is 6.17. The van der Waals surface area contributed by atoms with Gasteiger partial charge in [-0.15, -0.1) is 0 Å².